The van der Waals surface area contributed by atoms with E-state index in [-0.39, 0.29) is 30.0 Å². The highest BCUT2D eigenvalue weighted by molar-refractivity contribution is 14.0. The molecule has 7 nitrogen and oxygen atoms in total. The highest BCUT2D eigenvalue weighted by Crippen LogP contribution is 2.21. The minimum atomic E-state index is 0. The zero-order valence-electron chi connectivity index (χ0n) is 18.2. The van der Waals surface area contributed by atoms with Gasteiger partial charge in [0.1, 0.15) is 5.76 Å². The normalized spacial score (nSPS) is 16.0. The largest absolute Gasteiger partial charge is 0.379 e. The van der Waals surface area contributed by atoms with E-state index in [2.05, 4.69) is 69.9 Å². The zero-order valence-corrected chi connectivity index (χ0v) is 20.5. The maximum absolute atomic E-state index is 5.54. The fourth-order valence-electron chi connectivity index (χ4n) is 3.75. The summed E-state index contributed by atoms with van der Waals surface area (Å²) in [7, 11) is 1.80. The number of guanidine groups is 1. The van der Waals surface area contributed by atoms with Crippen molar-refractivity contribution in [3.63, 3.8) is 0 Å². The van der Waals surface area contributed by atoms with Crippen LogP contribution < -0.4 is 10.6 Å². The first-order valence-electron chi connectivity index (χ1n) is 10.5. The first-order valence-corrected chi connectivity index (χ1v) is 10.5. The van der Waals surface area contributed by atoms with Gasteiger partial charge in [-0.3, -0.25) is 9.89 Å². The standard InChI is InChI=1S/C22H33N5O2.HI/c1-4-19-18(21(5-2)29-26-19)15-24-22(23-3)25-16-20(17-9-7-6-8-10-17)27-11-13-28-14-12-27;/h6-10,20H,4-5,11-16H2,1-3H3,(H2,23,24,25);1H. The average molecular weight is 527 g/mol. The van der Waals surface area contributed by atoms with E-state index in [1.165, 1.54) is 5.56 Å². The van der Waals surface area contributed by atoms with Crippen molar-refractivity contribution in [1.82, 2.24) is 20.7 Å². The van der Waals surface area contributed by atoms with Crippen molar-refractivity contribution in [2.24, 2.45) is 4.99 Å². The van der Waals surface area contributed by atoms with Crippen LogP contribution in [0.2, 0.25) is 0 Å². The Bertz CT molecular complexity index is 754. The molecule has 1 aromatic heterocycles. The molecule has 1 fully saturated rings. The lowest BCUT2D eigenvalue weighted by atomic mass is 10.0. The first-order chi connectivity index (χ1) is 14.3. The van der Waals surface area contributed by atoms with Crippen LogP contribution in [0.15, 0.2) is 39.8 Å². The van der Waals surface area contributed by atoms with Gasteiger partial charge in [0.25, 0.3) is 0 Å². The van der Waals surface area contributed by atoms with Crippen molar-refractivity contribution in [3.05, 3.63) is 52.9 Å². The summed E-state index contributed by atoms with van der Waals surface area (Å²) in [6.45, 7) is 9.05. The summed E-state index contributed by atoms with van der Waals surface area (Å²) < 4.78 is 11.0. The molecule has 8 heteroatoms. The highest BCUT2D eigenvalue weighted by atomic mass is 127. The molecule has 166 valence electrons. The van der Waals surface area contributed by atoms with Crippen LogP contribution in [0.25, 0.3) is 0 Å². The quantitative estimate of drug-likeness (QED) is 0.312. The van der Waals surface area contributed by atoms with Crippen molar-refractivity contribution < 1.29 is 9.26 Å². The maximum atomic E-state index is 5.54. The van der Waals surface area contributed by atoms with Crippen molar-refractivity contribution in [1.29, 1.82) is 0 Å². The Morgan fingerprint density at radius 3 is 2.50 bits per heavy atom. The Balaban J connectivity index is 0.00000320. The van der Waals surface area contributed by atoms with Gasteiger partial charge in [0.05, 0.1) is 24.9 Å². The van der Waals surface area contributed by atoms with Crippen LogP contribution in [0.1, 0.15) is 42.5 Å². The minimum Gasteiger partial charge on any atom is -0.379 e. The molecule has 0 saturated carbocycles. The minimum absolute atomic E-state index is 0. The summed E-state index contributed by atoms with van der Waals surface area (Å²) in [6, 6.07) is 10.9. The van der Waals surface area contributed by atoms with Crippen LogP contribution in [0.3, 0.4) is 0 Å². The van der Waals surface area contributed by atoms with E-state index >= 15 is 0 Å². The lowest BCUT2D eigenvalue weighted by Gasteiger charge is -2.35. The molecule has 30 heavy (non-hydrogen) atoms. The van der Waals surface area contributed by atoms with Crippen molar-refractivity contribution >= 4 is 29.9 Å². The Morgan fingerprint density at radius 2 is 1.87 bits per heavy atom. The Kier molecular flexibility index (Phi) is 10.6. The van der Waals surface area contributed by atoms with Gasteiger partial charge in [0, 0.05) is 45.2 Å². The molecule has 0 amide bonds. The third-order valence-electron chi connectivity index (χ3n) is 5.40. The topological polar surface area (TPSA) is 74.9 Å². The maximum Gasteiger partial charge on any atom is 0.191 e. The molecule has 3 rings (SSSR count). The number of aryl methyl sites for hydroxylation is 2. The number of nitrogens with zero attached hydrogens (tertiary/aromatic N) is 3. The predicted octanol–water partition coefficient (Wildman–Crippen LogP) is 3.16. The molecule has 1 aliphatic heterocycles. The van der Waals surface area contributed by atoms with E-state index in [4.69, 9.17) is 9.26 Å². The van der Waals surface area contributed by atoms with Gasteiger partial charge in [-0.15, -0.1) is 24.0 Å². The first kappa shape index (κ1) is 24.6. The Hall–Kier alpha value is -1.65. The average Bonchev–Trinajstić information content (AvgIpc) is 3.19. The third kappa shape index (κ3) is 6.42. The van der Waals surface area contributed by atoms with Crippen LogP contribution in [0, 0.1) is 0 Å². The molecule has 2 N–H and O–H groups in total. The van der Waals surface area contributed by atoms with Crippen molar-refractivity contribution in [2.75, 3.05) is 39.9 Å². The lowest BCUT2D eigenvalue weighted by Crippen LogP contribution is -2.46. The summed E-state index contributed by atoms with van der Waals surface area (Å²) in [5.41, 5.74) is 3.46. The monoisotopic (exact) mass is 527 g/mol. The van der Waals surface area contributed by atoms with Crippen LogP contribution in [-0.2, 0) is 24.1 Å². The summed E-state index contributed by atoms with van der Waals surface area (Å²) in [5.74, 6) is 1.73. The smallest absolute Gasteiger partial charge is 0.191 e. The number of hydrogen-bond donors (Lipinski definition) is 2. The molecule has 0 spiro atoms. The number of halogens is 1. The van der Waals surface area contributed by atoms with Crippen LogP contribution in [0.4, 0.5) is 0 Å². The van der Waals surface area contributed by atoms with Gasteiger partial charge in [-0.2, -0.15) is 0 Å². The summed E-state index contributed by atoms with van der Waals surface area (Å²) in [4.78, 5) is 6.89. The van der Waals surface area contributed by atoms with Gasteiger partial charge < -0.3 is 19.9 Å². The molecular formula is C22H34IN5O2. The van der Waals surface area contributed by atoms with E-state index in [1.54, 1.807) is 7.05 Å². The van der Waals surface area contributed by atoms with Gasteiger partial charge in [-0.25, -0.2) is 0 Å². The Labute approximate surface area is 196 Å². The highest BCUT2D eigenvalue weighted by Gasteiger charge is 2.23. The van der Waals surface area contributed by atoms with Crippen molar-refractivity contribution in [2.45, 2.75) is 39.3 Å². The van der Waals surface area contributed by atoms with Crippen LogP contribution >= 0.6 is 24.0 Å². The molecule has 1 aromatic carbocycles. The van der Waals surface area contributed by atoms with Gasteiger partial charge >= 0.3 is 0 Å². The third-order valence-corrected chi connectivity index (χ3v) is 5.40. The van der Waals surface area contributed by atoms with Crippen LogP contribution in [0.5, 0.6) is 0 Å². The predicted molar refractivity (Wildman–Crippen MR) is 130 cm³/mol. The number of hydrogen-bond acceptors (Lipinski definition) is 5. The van der Waals surface area contributed by atoms with Gasteiger partial charge in [0.2, 0.25) is 0 Å². The lowest BCUT2D eigenvalue weighted by molar-refractivity contribution is 0.0170. The second-order valence-electron chi connectivity index (χ2n) is 7.12. The summed E-state index contributed by atoms with van der Waals surface area (Å²) in [6.07, 6.45) is 1.70. The number of rotatable bonds is 8. The van der Waals surface area contributed by atoms with Crippen molar-refractivity contribution in [3.8, 4) is 0 Å². The SMILES string of the molecule is CCc1noc(CC)c1CNC(=NC)NCC(c1ccccc1)N1CCOCC1.I. The fraction of sp³-hybridized carbons (Fsp3) is 0.545. The van der Waals surface area contributed by atoms with Gasteiger partial charge in [-0.1, -0.05) is 49.3 Å². The van der Waals surface area contributed by atoms with E-state index in [9.17, 15) is 0 Å². The Morgan fingerprint density at radius 1 is 1.13 bits per heavy atom. The molecule has 0 aliphatic carbocycles. The summed E-state index contributed by atoms with van der Waals surface area (Å²) in [5, 5.41) is 11.1. The molecule has 1 aliphatic rings. The number of aromatic nitrogens is 1. The number of aliphatic imine (C=N–C) groups is 1. The number of benzene rings is 1. The van der Waals surface area contributed by atoms with E-state index in [0.717, 1.165) is 68.7 Å². The van der Waals surface area contributed by atoms with E-state index in [1.807, 2.05) is 0 Å². The molecular weight excluding hydrogens is 493 g/mol. The van der Waals surface area contributed by atoms with E-state index in [0.29, 0.717) is 6.54 Å². The van der Waals surface area contributed by atoms with Gasteiger partial charge in [0.15, 0.2) is 5.96 Å². The summed E-state index contributed by atoms with van der Waals surface area (Å²) >= 11 is 0. The molecule has 1 unspecified atom stereocenters. The van der Waals surface area contributed by atoms with Gasteiger partial charge in [-0.05, 0) is 12.0 Å². The molecule has 1 atom stereocenters. The number of morpholine rings is 1. The molecule has 2 heterocycles. The molecule has 1 saturated heterocycles. The second-order valence-corrected chi connectivity index (χ2v) is 7.12. The number of nitrogens with one attached hydrogen (secondary N) is 2. The fourth-order valence-corrected chi connectivity index (χ4v) is 3.75. The zero-order chi connectivity index (χ0) is 20.5. The number of ether oxygens (including phenoxy) is 1. The molecule has 2 aromatic rings. The van der Waals surface area contributed by atoms with E-state index < -0.39 is 0 Å². The van der Waals surface area contributed by atoms with Crippen LogP contribution in [-0.4, -0.2) is 55.9 Å². The molecule has 0 radical (unpaired) electrons. The molecule has 0 bridgehead atoms. The second kappa shape index (κ2) is 12.9.